The maximum Gasteiger partial charge on any atom is 2.00 e. The van der Waals surface area contributed by atoms with Crippen molar-refractivity contribution in [3.63, 3.8) is 0 Å². The summed E-state index contributed by atoms with van der Waals surface area (Å²) in [5.41, 5.74) is 11.6. The summed E-state index contributed by atoms with van der Waals surface area (Å²) in [6, 6.07) is 13.3. The third kappa shape index (κ3) is 5.29. The zero-order chi connectivity index (χ0) is 23.9. The van der Waals surface area contributed by atoms with Crippen LogP contribution in [0.15, 0.2) is 36.4 Å². The summed E-state index contributed by atoms with van der Waals surface area (Å²) in [5.74, 6) is 1.11. The maximum absolute atomic E-state index is 5.11. The molecule has 4 nitrogen and oxygen atoms in total. The van der Waals surface area contributed by atoms with E-state index in [4.69, 9.17) is 9.97 Å². The van der Waals surface area contributed by atoms with Crippen molar-refractivity contribution in [1.29, 1.82) is 0 Å². The molecule has 2 fully saturated rings. The molecule has 0 spiro atoms. The van der Waals surface area contributed by atoms with Gasteiger partial charge in [0.2, 0.25) is 0 Å². The Labute approximate surface area is 241 Å². The van der Waals surface area contributed by atoms with Crippen LogP contribution in [0.25, 0.3) is 46.4 Å². The molecule has 2 aliphatic heterocycles. The van der Waals surface area contributed by atoms with Crippen LogP contribution in [0, 0.1) is 0 Å². The van der Waals surface area contributed by atoms with Gasteiger partial charge in [-0.2, -0.15) is 0 Å². The third-order valence-electron chi connectivity index (χ3n) is 8.51. The van der Waals surface area contributed by atoms with Crippen LogP contribution >= 0.6 is 0 Å². The molecule has 7 rings (SSSR count). The molecule has 195 valence electrons. The van der Waals surface area contributed by atoms with E-state index in [-0.39, 0.29) is 29.5 Å². The normalized spacial score (nSPS) is 17.7. The van der Waals surface area contributed by atoms with Gasteiger partial charge in [0.1, 0.15) is 0 Å². The molecule has 2 N–H and O–H groups in total. The number of halogens is 1. The first-order valence-corrected chi connectivity index (χ1v) is 13.9. The molecular formula is C32H34ClMnN4+. The molecule has 38 heavy (non-hydrogen) atoms. The summed E-state index contributed by atoms with van der Waals surface area (Å²) in [4.78, 5) is 17.7. The van der Waals surface area contributed by atoms with Crippen molar-refractivity contribution in [3.05, 3.63) is 70.3 Å². The molecule has 2 saturated carbocycles. The number of aromatic nitrogens is 4. The van der Waals surface area contributed by atoms with E-state index >= 15 is 0 Å². The summed E-state index contributed by atoms with van der Waals surface area (Å²) in [6.07, 6.45) is 21.6. The molecule has 3 aromatic heterocycles. The van der Waals surface area contributed by atoms with Gasteiger partial charge < -0.3 is 22.4 Å². The SMILES string of the molecule is C1=Cc2nc1cc1ccc([nH]1)c(C1CCCCC1)c1ccc(cc3nc(c2C2CCCCC2)C=C3)[nH]1.[Cl-].[Mn+2]. The van der Waals surface area contributed by atoms with Crippen LogP contribution in [-0.2, 0) is 17.1 Å². The summed E-state index contributed by atoms with van der Waals surface area (Å²) in [5, 5.41) is 0. The number of nitrogens with zero attached hydrogens (tertiary/aromatic N) is 2. The van der Waals surface area contributed by atoms with Crippen molar-refractivity contribution in [1.82, 2.24) is 19.9 Å². The van der Waals surface area contributed by atoms with E-state index in [9.17, 15) is 0 Å². The fourth-order valence-corrected chi connectivity index (χ4v) is 6.76. The quantitative estimate of drug-likeness (QED) is 0.268. The van der Waals surface area contributed by atoms with Crippen molar-refractivity contribution in [3.8, 4) is 0 Å². The molecule has 6 heteroatoms. The Morgan fingerprint density at radius 3 is 1.47 bits per heavy atom. The predicted molar refractivity (Wildman–Crippen MR) is 151 cm³/mol. The molecule has 8 bridgehead atoms. The van der Waals surface area contributed by atoms with Crippen LogP contribution in [-0.4, -0.2) is 19.9 Å². The molecule has 2 aliphatic carbocycles. The van der Waals surface area contributed by atoms with Gasteiger partial charge in [-0.3, -0.25) is 0 Å². The van der Waals surface area contributed by atoms with Gasteiger partial charge in [-0.15, -0.1) is 0 Å². The number of rotatable bonds is 2. The van der Waals surface area contributed by atoms with E-state index in [1.54, 1.807) is 0 Å². The van der Waals surface area contributed by atoms with Crippen LogP contribution in [0.5, 0.6) is 0 Å². The third-order valence-corrected chi connectivity index (χ3v) is 8.51. The van der Waals surface area contributed by atoms with Crippen molar-refractivity contribution >= 4 is 46.4 Å². The Morgan fingerprint density at radius 2 is 1.00 bits per heavy atom. The molecule has 0 saturated heterocycles. The van der Waals surface area contributed by atoms with E-state index in [0.717, 1.165) is 33.8 Å². The topological polar surface area (TPSA) is 57.4 Å². The summed E-state index contributed by atoms with van der Waals surface area (Å²) < 4.78 is 0. The van der Waals surface area contributed by atoms with Gasteiger partial charge in [-0.05, 0) is 98.2 Å². The second-order valence-corrected chi connectivity index (χ2v) is 11.0. The van der Waals surface area contributed by atoms with Crippen molar-refractivity contribution in [2.24, 2.45) is 0 Å². The van der Waals surface area contributed by atoms with E-state index in [0.29, 0.717) is 11.8 Å². The molecule has 0 amide bonds. The monoisotopic (exact) mass is 564 g/mol. The number of fused-ring (bicyclic) bond motifs is 8. The van der Waals surface area contributed by atoms with Gasteiger partial charge in [0.15, 0.2) is 0 Å². The Morgan fingerprint density at radius 1 is 0.553 bits per heavy atom. The number of hydrogen-bond donors (Lipinski definition) is 2. The molecule has 0 atom stereocenters. The fourth-order valence-electron chi connectivity index (χ4n) is 6.76. The number of aromatic amines is 2. The van der Waals surface area contributed by atoms with Gasteiger partial charge in [0, 0.05) is 33.2 Å². The van der Waals surface area contributed by atoms with Crippen LogP contribution in [0.4, 0.5) is 0 Å². The van der Waals surface area contributed by atoms with E-state index < -0.39 is 0 Å². The predicted octanol–water partition coefficient (Wildman–Crippen LogP) is 5.75. The Balaban J connectivity index is 0.00000147. The van der Waals surface area contributed by atoms with Crippen molar-refractivity contribution in [2.75, 3.05) is 0 Å². The average molecular weight is 565 g/mol. The first-order chi connectivity index (χ1) is 17.8. The smallest absolute Gasteiger partial charge is 1.00 e. The first kappa shape index (κ1) is 27.0. The molecular weight excluding hydrogens is 531 g/mol. The van der Waals surface area contributed by atoms with Crippen LogP contribution in [0.1, 0.15) is 110 Å². The molecule has 0 unspecified atom stereocenters. The second kappa shape index (κ2) is 11.7. The van der Waals surface area contributed by atoms with Gasteiger partial charge in [0.05, 0.1) is 22.8 Å². The zero-order valence-electron chi connectivity index (χ0n) is 21.6. The summed E-state index contributed by atoms with van der Waals surface area (Å²) >= 11 is 0. The maximum atomic E-state index is 5.11. The minimum Gasteiger partial charge on any atom is -1.00 e. The van der Waals surface area contributed by atoms with Crippen LogP contribution in [0.2, 0.25) is 0 Å². The first-order valence-electron chi connectivity index (χ1n) is 13.9. The molecule has 3 aromatic rings. The zero-order valence-corrected chi connectivity index (χ0v) is 23.6. The Kier molecular flexibility index (Phi) is 8.28. The standard InChI is InChI=1S/C32H34N4.ClH.Mn/c1-3-7-21(8-4-1)31-27-15-11-23(33-27)19-25-13-17-29(35-25)32(22-9-5-2-6-10-22)30-18-14-26(36-30)20-24-12-16-28(31)34-24;;/h11-22,33-34H,1-10H2;1H;/q;;+2/p-1. The molecule has 1 radical (unpaired) electrons. The minimum absolute atomic E-state index is 0. The molecule has 5 heterocycles. The minimum atomic E-state index is 0. The second-order valence-electron chi connectivity index (χ2n) is 11.0. The summed E-state index contributed by atoms with van der Waals surface area (Å²) in [7, 11) is 0. The Bertz CT molecular complexity index is 1420. The summed E-state index contributed by atoms with van der Waals surface area (Å²) in [6.45, 7) is 0. The average Bonchev–Trinajstić information content (AvgIpc) is 3.72. The van der Waals surface area contributed by atoms with E-state index in [1.165, 1.54) is 86.4 Å². The van der Waals surface area contributed by atoms with Crippen molar-refractivity contribution in [2.45, 2.75) is 76.0 Å². The van der Waals surface area contributed by atoms with Crippen LogP contribution < -0.4 is 12.4 Å². The fraction of sp³-hybridized carbons (Fsp3) is 0.375. The number of hydrogen-bond acceptors (Lipinski definition) is 2. The van der Waals surface area contributed by atoms with Gasteiger partial charge in [-0.1, -0.05) is 38.5 Å². The van der Waals surface area contributed by atoms with Gasteiger partial charge >= 0.3 is 17.1 Å². The molecule has 0 aromatic carbocycles. The van der Waals surface area contributed by atoms with Crippen LogP contribution in [0.3, 0.4) is 0 Å². The Hall–Kier alpha value is -2.59. The molecule has 4 aliphatic rings. The largest absolute Gasteiger partial charge is 2.00 e. The van der Waals surface area contributed by atoms with Crippen molar-refractivity contribution < 1.29 is 29.5 Å². The van der Waals surface area contributed by atoms with Gasteiger partial charge in [-0.25, -0.2) is 9.97 Å². The van der Waals surface area contributed by atoms with Gasteiger partial charge in [0.25, 0.3) is 0 Å². The van der Waals surface area contributed by atoms with E-state index in [1.807, 2.05) is 0 Å². The van der Waals surface area contributed by atoms with E-state index in [2.05, 4.69) is 70.7 Å². The number of H-pyrrole nitrogens is 2. The number of nitrogens with one attached hydrogen (secondary N) is 2.